The van der Waals surface area contributed by atoms with Crippen LogP contribution in [0.2, 0.25) is 0 Å². The molecule has 0 bridgehead atoms. The number of carbonyl (C=O) groups is 1. The third kappa shape index (κ3) is 2.92. The van der Waals surface area contributed by atoms with Gasteiger partial charge in [0.05, 0.1) is 19.1 Å². The van der Waals surface area contributed by atoms with Crippen LogP contribution in [-0.4, -0.2) is 36.2 Å². The maximum absolute atomic E-state index is 12.4. The molecule has 0 amide bonds. The third-order valence-electron chi connectivity index (χ3n) is 4.51. The highest BCUT2D eigenvalue weighted by atomic mass is 16.6. The minimum atomic E-state index is -1.02. The molecule has 0 saturated carbocycles. The number of carbonyl (C=O) groups excluding carboxylic acids is 1. The number of hydrogen-bond donors (Lipinski definition) is 0. The van der Waals surface area contributed by atoms with Crippen molar-refractivity contribution in [1.29, 1.82) is 0 Å². The lowest BCUT2D eigenvalue weighted by Gasteiger charge is -2.34. The second-order valence-electron chi connectivity index (χ2n) is 6.24. The van der Waals surface area contributed by atoms with Crippen LogP contribution in [-0.2, 0) is 14.3 Å². The van der Waals surface area contributed by atoms with Crippen molar-refractivity contribution in [2.45, 2.75) is 25.0 Å². The Kier molecular flexibility index (Phi) is 4.38. The van der Waals surface area contributed by atoms with Crippen LogP contribution in [0.15, 0.2) is 60.7 Å². The standard InChI is InChI=1S/C20H22NO3/c1-20(19(22)23-3)14-17(15-10-6-4-7-11-15)21(2)18(24-20)16-12-8-5-9-13-16/h4-13,17H,14H2,1-3H3/q+1/t17?,20-/m1/s1. The number of hydrogen-bond acceptors (Lipinski definition) is 3. The van der Waals surface area contributed by atoms with Gasteiger partial charge in [0.15, 0.2) is 6.04 Å². The summed E-state index contributed by atoms with van der Waals surface area (Å²) in [6.07, 6.45) is 0.524. The van der Waals surface area contributed by atoms with Crippen LogP contribution >= 0.6 is 0 Å². The van der Waals surface area contributed by atoms with Gasteiger partial charge in [-0.3, -0.25) is 0 Å². The number of ether oxygens (including phenoxy) is 2. The quantitative estimate of drug-likeness (QED) is 0.643. The van der Waals surface area contributed by atoms with Gasteiger partial charge in [0.25, 0.3) is 0 Å². The van der Waals surface area contributed by atoms with E-state index in [0.29, 0.717) is 12.3 Å². The zero-order chi connectivity index (χ0) is 17.2. The number of rotatable bonds is 3. The molecule has 1 unspecified atom stereocenters. The maximum Gasteiger partial charge on any atom is 0.371 e. The highest BCUT2D eigenvalue weighted by molar-refractivity contribution is 5.93. The zero-order valence-corrected chi connectivity index (χ0v) is 14.2. The molecule has 0 aliphatic carbocycles. The molecule has 4 heteroatoms. The van der Waals surface area contributed by atoms with Crippen LogP contribution in [0.1, 0.15) is 30.5 Å². The van der Waals surface area contributed by atoms with E-state index in [1.165, 1.54) is 7.11 Å². The Bertz CT molecular complexity index is 755. The van der Waals surface area contributed by atoms with Gasteiger partial charge in [0.2, 0.25) is 5.60 Å². The fourth-order valence-electron chi connectivity index (χ4n) is 3.18. The van der Waals surface area contributed by atoms with E-state index in [9.17, 15) is 4.79 Å². The van der Waals surface area contributed by atoms with Crippen LogP contribution in [0.3, 0.4) is 0 Å². The van der Waals surface area contributed by atoms with Crippen molar-refractivity contribution < 1.29 is 18.8 Å². The number of methoxy groups -OCH3 is 1. The van der Waals surface area contributed by atoms with Gasteiger partial charge >= 0.3 is 11.9 Å². The van der Waals surface area contributed by atoms with E-state index in [1.807, 2.05) is 55.6 Å². The number of nitrogens with zero attached hydrogens (tertiary/aromatic N) is 1. The Morgan fingerprint density at radius 2 is 1.71 bits per heavy atom. The lowest BCUT2D eigenvalue weighted by molar-refractivity contribution is -0.566. The summed E-state index contributed by atoms with van der Waals surface area (Å²) in [7, 11) is 3.39. The van der Waals surface area contributed by atoms with E-state index >= 15 is 0 Å². The minimum absolute atomic E-state index is 0.0271. The van der Waals surface area contributed by atoms with Gasteiger partial charge in [-0.2, -0.15) is 4.58 Å². The second kappa shape index (κ2) is 6.48. The fraction of sp³-hybridized carbons (Fsp3) is 0.300. The van der Waals surface area contributed by atoms with Gasteiger partial charge in [0, 0.05) is 5.56 Å². The molecular formula is C20H22NO3+. The Balaban J connectivity index is 2.12. The van der Waals surface area contributed by atoms with E-state index in [1.54, 1.807) is 6.92 Å². The molecule has 4 nitrogen and oxygen atoms in total. The summed E-state index contributed by atoms with van der Waals surface area (Å²) in [6.45, 7) is 1.80. The van der Waals surface area contributed by atoms with Crippen molar-refractivity contribution in [2.24, 2.45) is 0 Å². The van der Waals surface area contributed by atoms with Crippen molar-refractivity contribution in [2.75, 3.05) is 14.2 Å². The Hall–Kier alpha value is -2.62. The molecule has 0 aromatic heterocycles. The normalized spacial score (nSPS) is 23.5. The molecule has 1 aliphatic rings. The SMILES string of the molecule is COC(=O)[C@@]1(C)CC(c2ccccc2)[N+](C)=C(c2ccccc2)O1. The molecule has 2 aromatic carbocycles. The van der Waals surface area contributed by atoms with Crippen LogP contribution in [0, 0.1) is 0 Å². The first kappa shape index (κ1) is 16.2. The molecule has 2 aromatic rings. The van der Waals surface area contributed by atoms with Gasteiger partial charge in [0.1, 0.15) is 7.05 Å². The Morgan fingerprint density at radius 3 is 2.29 bits per heavy atom. The Morgan fingerprint density at radius 1 is 1.12 bits per heavy atom. The summed E-state index contributed by atoms with van der Waals surface area (Å²) in [5.41, 5.74) is 1.06. The summed E-state index contributed by atoms with van der Waals surface area (Å²) in [6, 6.07) is 20.0. The average Bonchev–Trinajstić information content (AvgIpc) is 2.64. The first-order valence-corrected chi connectivity index (χ1v) is 8.03. The Labute approximate surface area is 142 Å². The summed E-state index contributed by atoms with van der Waals surface area (Å²) in [5.74, 6) is 0.327. The van der Waals surface area contributed by atoms with Gasteiger partial charge in [-0.1, -0.05) is 48.5 Å². The summed E-state index contributed by atoms with van der Waals surface area (Å²) in [4.78, 5) is 12.4. The lowest BCUT2D eigenvalue weighted by Crippen LogP contribution is -2.50. The maximum atomic E-state index is 12.4. The summed E-state index contributed by atoms with van der Waals surface area (Å²) >= 11 is 0. The highest BCUT2D eigenvalue weighted by Gasteiger charge is 2.49. The van der Waals surface area contributed by atoms with Crippen LogP contribution in [0.4, 0.5) is 0 Å². The van der Waals surface area contributed by atoms with Crippen molar-refractivity contribution in [3.05, 3.63) is 71.8 Å². The molecule has 24 heavy (non-hydrogen) atoms. The molecule has 124 valence electrons. The molecule has 1 aliphatic heterocycles. The molecule has 0 radical (unpaired) electrons. The van der Waals surface area contributed by atoms with Crippen molar-refractivity contribution in [3.8, 4) is 0 Å². The third-order valence-corrected chi connectivity index (χ3v) is 4.51. The molecule has 0 saturated heterocycles. The van der Waals surface area contributed by atoms with Crippen LogP contribution < -0.4 is 0 Å². The summed E-state index contributed by atoms with van der Waals surface area (Å²) in [5, 5.41) is 0. The molecule has 0 spiro atoms. The summed E-state index contributed by atoms with van der Waals surface area (Å²) < 4.78 is 13.2. The fourth-order valence-corrected chi connectivity index (χ4v) is 3.18. The van der Waals surface area contributed by atoms with Crippen molar-refractivity contribution in [1.82, 2.24) is 0 Å². The predicted molar refractivity (Wildman–Crippen MR) is 92.0 cm³/mol. The lowest BCUT2D eigenvalue weighted by atomic mass is 9.90. The molecule has 2 atom stereocenters. The number of esters is 1. The second-order valence-corrected chi connectivity index (χ2v) is 6.24. The molecular weight excluding hydrogens is 302 g/mol. The van der Waals surface area contributed by atoms with Gasteiger partial charge < -0.3 is 9.47 Å². The van der Waals surface area contributed by atoms with E-state index in [-0.39, 0.29) is 12.0 Å². The first-order valence-electron chi connectivity index (χ1n) is 8.03. The zero-order valence-electron chi connectivity index (χ0n) is 14.2. The molecule has 0 fully saturated rings. The van der Waals surface area contributed by atoms with Crippen LogP contribution in [0.25, 0.3) is 0 Å². The van der Waals surface area contributed by atoms with E-state index < -0.39 is 5.60 Å². The molecule has 0 N–H and O–H groups in total. The largest absolute Gasteiger partial charge is 0.466 e. The highest BCUT2D eigenvalue weighted by Crippen LogP contribution is 2.35. The van der Waals surface area contributed by atoms with Crippen molar-refractivity contribution in [3.63, 3.8) is 0 Å². The topological polar surface area (TPSA) is 38.5 Å². The molecule has 1 heterocycles. The minimum Gasteiger partial charge on any atom is -0.466 e. The van der Waals surface area contributed by atoms with E-state index in [4.69, 9.17) is 9.47 Å². The van der Waals surface area contributed by atoms with Gasteiger partial charge in [-0.25, -0.2) is 4.79 Å². The van der Waals surface area contributed by atoms with Crippen LogP contribution in [0.5, 0.6) is 0 Å². The smallest absolute Gasteiger partial charge is 0.371 e. The average molecular weight is 324 g/mol. The van der Waals surface area contributed by atoms with Gasteiger partial charge in [-0.15, -0.1) is 0 Å². The number of benzene rings is 2. The van der Waals surface area contributed by atoms with Crippen molar-refractivity contribution >= 4 is 11.9 Å². The first-order chi connectivity index (χ1) is 11.5. The monoisotopic (exact) mass is 324 g/mol. The van der Waals surface area contributed by atoms with E-state index in [0.717, 1.165) is 11.1 Å². The predicted octanol–water partition coefficient (Wildman–Crippen LogP) is 3.17. The molecule has 3 rings (SSSR count). The van der Waals surface area contributed by atoms with Gasteiger partial charge in [-0.05, 0) is 19.1 Å². The van der Waals surface area contributed by atoms with E-state index in [2.05, 4.69) is 16.7 Å².